The monoisotopic (exact) mass is 457 g/mol. The van der Waals surface area contributed by atoms with Gasteiger partial charge in [0.15, 0.2) is 0 Å². The zero-order chi connectivity index (χ0) is 21.1. The van der Waals surface area contributed by atoms with Gasteiger partial charge in [-0.3, -0.25) is 0 Å². The van der Waals surface area contributed by atoms with Crippen molar-refractivity contribution < 1.29 is 0 Å². The average molecular weight is 456 g/mol. The summed E-state index contributed by atoms with van der Waals surface area (Å²) in [5.74, 6) is 0. The average Bonchev–Trinajstić information content (AvgIpc) is 3.27. The zero-order valence-corrected chi connectivity index (χ0v) is 19.2. The number of rotatable bonds is 4. The molecule has 1 aliphatic heterocycles. The van der Waals surface area contributed by atoms with Gasteiger partial charge >= 0.3 is 186 Å². The first-order chi connectivity index (χ1) is 15.3. The standard InChI is InChI=1S/C29H21GeN/c31-22-23-16-18-25(19-17-23)29-21-20-28(24-10-4-1-5-11-24)30(29,26-12-6-2-7-13-26)27-14-8-3-9-15-27/h1-21H. The SMILES string of the molecule is N#Cc1ccc([C]2=CC=[C](c3ccccc3)[Ge]2([c]2ccccc2)[c]2ccccc2)cc1. The molecule has 5 rings (SSSR count). The van der Waals surface area contributed by atoms with Crippen LogP contribution in [0.4, 0.5) is 0 Å². The third-order valence-corrected chi connectivity index (χ3v) is 16.4. The van der Waals surface area contributed by atoms with E-state index in [1.165, 1.54) is 28.7 Å². The molecule has 31 heavy (non-hydrogen) atoms. The Morgan fingerprint density at radius 1 is 0.484 bits per heavy atom. The summed E-state index contributed by atoms with van der Waals surface area (Å²) >= 11 is -3.24. The van der Waals surface area contributed by atoms with Gasteiger partial charge in [-0.2, -0.15) is 0 Å². The van der Waals surface area contributed by atoms with Crippen LogP contribution in [-0.4, -0.2) is 13.3 Å². The Morgan fingerprint density at radius 3 is 1.35 bits per heavy atom. The van der Waals surface area contributed by atoms with Gasteiger partial charge in [-0.25, -0.2) is 0 Å². The Kier molecular flexibility index (Phi) is 5.16. The molecule has 0 atom stereocenters. The van der Waals surface area contributed by atoms with Crippen molar-refractivity contribution in [2.75, 3.05) is 0 Å². The van der Waals surface area contributed by atoms with Gasteiger partial charge in [0.25, 0.3) is 0 Å². The van der Waals surface area contributed by atoms with Crippen LogP contribution in [0.3, 0.4) is 0 Å². The summed E-state index contributed by atoms with van der Waals surface area (Å²) in [7, 11) is 0. The molecule has 4 aromatic rings. The molecule has 0 spiro atoms. The van der Waals surface area contributed by atoms with E-state index in [0.29, 0.717) is 5.56 Å². The van der Waals surface area contributed by atoms with Crippen molar-refractivity contribution in [2.45, 2.75) is 0 Å². The number of allylic oxidation sites excluding steroid dienone is 2. The molecule has 0 fully saturated rings. The van der Waals surface area contributed by atoms with Crippen LogP contribution in [0.15, 0.2) is 127 Å². The molecule has 0 amide bonds. The van der Waals surface area contributed by atoms with Crippen molar-refractivity contribution in [3.05, 3.63) is 144 Å². The summed E-state index contributed by atoms with van der Waals surface area (Å²) in [4.78, 5) is 0. The summed E-state index contributed by atoms with van der Waals surface area (Å²) in [6.45, 7) is 0. The van der Waals surface area contributed by atoms with E-state index < -0.39 is 13.3 Å². The van der Waals surface area contributed by atoms with E-state index in [0.717, 1.165) is 0 Å². The van der Waals surface area contributed by atoms with Crippen molar-refractivity contribution >= 4 is 30.9 Å². The van der Waals surface area contributed by atoms with E-state index in [1.807, 2.05) is 12.1 Å². The second-order valence-corrected chi connectivity index (χ2v) is 15.5. The number of nitriles is 1. The minimum absolute atomic E-state index is 0.691. The number of nitrogens with zero attached hydrogens (tertiary/aromatic N) is 1. The Balaban J connectivity index is 1.82. The normalized spacial score (nSPS) is 14.4. The van der Waals surface area contributed by atoms with Crippen LogP contribution in [0, 0.1) is 11.3 Å². The van der Waals surface area contributed by atoms with Crippen LogP contribution in [0.25, 0.3) is 8.81 Å². The van der Waals surface area contributed by atoms with Gasteiger partial charge in [-0.15, -0.1) is 0 Å². The van der Waals surface area contributed by atoms with Gasteiger partial charge in [-0.05, 0) is 0 Å². The maximum absolute atomic E-state index is 9.28. The van der Waals surface area contributed by atoms with E-state index >= 15 is 0 Å². The van der Waals surface area contributed by atoms with Crippen molar-refractivity contribution in [1.29, 1.82) is 5.26 Å². The maximum atomic E-state index is 9.28. The second kappa shape index (κ2) is 8.26. The van der Waals surface area contributed by atoms with Gasteiger partial charge in [0.2, 0.25) is 0 Å². The van der Waals surface area contributed by atoms with E-state index in [9.17, 15) is 5.26 Å². The summed E-state index contributed by atoms with van der Waals surface area (Å²) in [5, 5.41) is 9.28. The molecule has 0 radical (unpaired) electrons. The molecule has 4 aromatic carbocycles. The third kappa shape index (κ3) is 3.26. The molecule has 1 heterocycles. The molecule has 0 saturated carbocycles. The van der Waals surface area contributed by atoms with Crippen LogP contribution >= 0.6 is 0 Å². The molecular formula is C29H21GeN. The fraction of sp³-hybridized carbons (Fsp3) is 0. The van der Waals surface area contributed by atoms with Crippen LogP contribution in [0.1, 0.15) is 16.7 Å². The number of benzene rings is 4. The van der Waals surface area contributed by atoms with Crippen molar-refractivity contribution in [3.63, 3.8) is 0 Å². The summed E-state index contributed by atoms with van der Waals surface area (Å²) < 4.78 is 5.67. The first-order valence-electron chi connectivity index (χ1n) is 10.4. The van der Waals surface area contributed by atoms with Gasteiger partial charge < -0.3 is 0 Å². The fourth-order valence-corrected chi connectivity index (χ4v) is 15.4. The number of hydrogen-bond donors (Lipinski definition) is 0. The molecule has 1 aliphatic rings. The Morgan fingerprint density at radius 2 is 0.903 bits per heavy atom. The van der Waals surface area contributed by atoms with Crippen LogP contribution in [0.5, 0.6) is 0 Å². The summed E-state index contributed by atoms with van der Waals surface area (Å²) in [6.07, 6.45) is 4.66. The third-order valence-electron chi connectivity index (χ3n) is 6.05. The van der Waals surface area contributed by atoms with Crippen LogP contribution in [0.2, 0.25) is 0 Å². The molecular weight excluding hydrogens is 435 g/mol. The summed E-state index contributed by atoms with van der Waals surface area (Å²) in [6, 6.07) is 43.1. The molecule has 2 heteroatoms. The van der Waals surface area contributed by atoms with Crippen LogP contribution < -0.4 is 8.79 Å². The molecule has 1 nitrogen and oxygen atoms in total. The van der Waals surface area contributed by atoms with Gasteiger partial charge in [0, 0.05) is 0 Å². The van der Waals surface area contributed by atoms with Gasteiger partial charge in [0.05, 0.1) is 0 Å². The summed E-state index contributed by atoms with van der Waals surface area (Å²) in [5.41, 5.74) is 3.18. The zero-order valence-electron chi connectivity index (χ0n) is 17.1. The van der Waals surface area contributed by atoms with Crippen molar-refractivity contribution in [3.8, 4) is 6.07 Å². The van der Waals surface area contributed by atoms with Gasteiger partial charge in [0.1, 0.15) is 0 Å². The van der Waals surface area contributed by atoms with E-state index in [2.05, 4.69) is 121 Å². The predicted octanol–water partition coefficient (Wildman–Crippen LogP) is 5.38. The molecule has 146 valence electrons. The van der Waals surface area contributed by atoms with Crippen molar-refractivity contribution in [1.82, 2.24) is 0 Å². The second-order valence-electron chi connectivity index (χ2n) is 7.70. The van der Waals surface area contributed by atoms with Crippen molar-refractivity contribution in [2.24, 2.45) is 0 Å². The van der Waals surface area contributed by atoms with Crippen LogP contribution in [-0.2, 0) is 0 Å². The molecule has 0 bridgehead atoms. The molecule has 0 N–H and O–H groups in total. The molecule has 0 saturated heterocycles. The topological polar surface area (TPSA) is 23.8 Å². The molecule has 0 aliphatic carbocycles. The van der Waals surface area contributed by atoms with E-state index in [4.69, 9.17) is 0 Å². The first-order valence-corrected chi connectivity index (χ1v) is 14.6. The van der Waals surface area contributed by atoms with E-state index in [-0.39, 0.29) is 0 Å². The first kappa shape index (κ1) is 19.4. The fourth-order valence-electron chi connectivity index (χ4n) is 4.69. The Bertz CT molecular complexity index is 1260. The molecule has 0 aromatic heterocycles. The predicted molar refractivity (Wildman–Crippen MR) is 131 cm³/mol. The molecule has 0 unspecified atom stereocenters. The van der Waals surface area contributed by atoms with E-state index in [1.54, 1.807) is 0 Å². The Hall–Kier alpha value is -3.61. The minimum atomic E-state index is -3.24. The number of hydrogen-bond acceptors (Lipinski definition) is 1. The van der Waals surface area contributed by atoms with Gasteiger partial charge in [-0.1, -0.05) is 0 Å². The Labute approximate surface area is 186 Å². The quantitative estimate of drug-likeness (QED) is 0.379.